The molecule has 1 aromatic heterocycles. The zero-order valence-corrected chi connectivity index (χ0v) is 26.8. The summed E-state index contributed by atoms with van der Waals surface area (Å²) in [5.41, 5.74) is 16.6. The van der Waals surface area contributed by atoms with Gasteiger partial charge in [-0.25, -0.2) is 0 Å². The number of benzene rings is 8. The van der Waals surface area contributed by atoms with Gasteiger partial charge < -0.3 is 4.90 Å². The van der Waals surface area contributed by atoms with Crippen LogP contribution in [0.15, 0.2) is 164 Å². The van der Waals surface area contributed by atoms with Gasteiger partial charge in [-0.2, -0.15) is 0 Å². The summed E-state index contributed by atoms with van der Waals surface area (Å²) in [4.78, 5) is 2.51. The van der Waals surface area contributed by atoms with Crippen LogP contribution in [-0.4, -0.2) is 0 Å². The number of hydrogen-bond acceptors (Lipinski definition) is 2. The fourth-order valence-electron chi connectivity index (χ4n) is 8.39. The third kappa shape index (κ3) is 3.50. The maximum absolute atomic E-state index is 2.51. The molecule has 0 N–H and O–H groups in total. The Balaban J connectivity index is 1.26. The highest BCUT2D eigenvalue weighted by Gasteiger charge is 2.31. The minimum atomic E-state index is 1.15. The largest absolute Gasteiger partial charge is 0.309 e. The molecule has 1 nitrogen and oxygen atoms in total. The zero-order valence-electron chi connectivity index (χ0n) is 25.9. The lowest BCUT2D eigenvalue weighted by Gasteiger charge is -2.29. The van der Waals surface area contributed by atoms with Crippen LogP contribution in [0.5, 0.6) is 0 Å². The molecule has 0 amide bonds. The van der Waals surface area contributed by atoms with E-state index in [4.69, 9.17) is 0 Å². The van der Waals surface area contributed by atoms with E-state index in [-0.39, 0.29) is 0 Å². The maximum Gasteiger partial charge on any atom is 0.0555 e. The molecule has 48 heavy (non-hydrogen) atoms. The zero-order chi connectivity index (χ0) is 31.3. The Hall–Kier alpha value is -5.96. The van der Waals surface area contributed by atoms with Crippen LogP contribution in [0.2, 0.25) is 0 Å². The van der Waals surface area contributed by atoms with Crippen molar-refractivity contribution in [3.63, 3.8) is 0 Å². The monoisotopic (exact) mass is 625 g/mol. The van der Waals surface area contributed by atoms with Crippen LogP contribution >= 0.6 is 11.3 Å². The van der Waals surface area contributed by atoms with Gasteiger partial charge in [0.05, 0.1) is 11.4 Å². The molecule has 0 atom stereocenters. The highest BCUT2D eigenvalue weighted by molar-refractivity contribution is 7.26. The molecule has 0 radical (unpaired) electrons. The van der Waals surface area contributed by atoms with Crippen molar-refractivity contribution in [2.45, 2.75) is 0 Å². The smallest absolute Gasteiger partial charge is 0.0555 e. The van der Waals surface area contributed by atoms with Crippen molar-refractivity contribution in [1.29, 1.82) is 0 Å². The molecule has 0 fully saturated rings. The van der Waals surface area contributed by atoms with Gasteiger partial charge in [-0.1, -0.05) is 127 Å². The van der Waals surface area contributed by atoms with E-state index < -0.39 is 0 Å². The number of nitrogens with zero attached hydrogens (tertiary/aromatic N) is 1. The number of thiophene rings is 1. The highest BCUT2D eigenvalue weighted by atomic mass is 32.1. The van der Waals surface area contributed by atoms with E-state index in [0.717, 1.165) is 5.69 Å². The first-order valence-corrected chi connectivity index (χ1v) is 17.3. The highest BCUT2D eigenvalue weighted by Crippen LogP contribution is 2.58. The molecule has 0 saturated carbocycles. The standard InChI is InChI=1S/C46H27NS/c1-2-13-30-28(11-1)12-7-21-40(30)47(41-22-10-24-43-46(41)38-16-5-6-23-42(38)48-43)29-25-26-32-35-18-9-19-36-37-20-8-17-34(45(37)39(32)27-29)31-14-3-4-15-33(31)44(35)36/h1-27H. The Morgan fingerprint density at radius 1 is 0.354 bits per heavy atom. The second kappa shape index (κ2) is 9.78. The lowest BCUT2D eigenvalue weighted by Crippen LogP contribution is -2.11. The summed E-state index contributed by atoms with van der Waals surface area (Å²) in [6.45, 7) is 0. The Morgan fingerprint density at radius 2 is 0.896 bits per heavy atom. The molecular formula is C46H27NS. The minimum Gasteiger partial charge on any atom is -0.309 e. The van der Waals surface area contributed by atoms with Crippen molar-refractivity contribution >= 4 is 59.3 Å². The van der Waals surface area contributed by atoms with Crippen LogP contribution in [0, 0.1) is 0 Å². The third-order valence-corrected chi connectivity index (χ3v) is 11.5. The average Bonchev–Trinajstić information content (AvgIpc) is 3.48. The molecule has 0 spiro atoms. The van der Waals surface area contributed by atoms with Crippen LogP contribution < -0.4 is 4.90 Å². The molecule has 0 unspecified atom stereocenters. The fraction of sp³-hybridized carbons (Fsp3) is 0. The summed E-state index contributed by atoms with van der Waals surface area (Å²) in [5, 5.41) is 5.06. The van der Waals surface area contributed by atoms with Crippen molar-refractivity contribution in [2.24, 2.45) is 0 Å². The number of anilines is 3. The summed E-state index contributed by atoms with van der Waals surface area (Å²) >= 11 is 1.87. The number of fused-ring (bicyclic) bond motifs is 8. The van der Waals surface area contributed by atoms with Crippen molar-refractivity contribution < 1.29 is 0 Å². The van der Waals surface area contributed by atoms with E-state index in [1.807, 2.05) is 11.3 Å². The summed E-state index contributed by atoms with van der Waals surface area (Å²) in [5.74, 6) is 0. The van der Waals surface area contributed by atoms with Crippen LogP contribution in [-0.2, 0) is 0 Å². The van der Waals surface area contributed by atoms with Gasteiger partial charge in [0.15, 0.2) is 0 Å². The molecule has 0 saturated heterocycles. The second-order valence-electron chi connectivity index (χ2n) is 12.8. The van der Waals surface area contributed by atoms with Gasteiger partial charge in [-0.05, 0) is 97.4 Å². The van der Waals surface area contributed by atoms with Crippen molar-refractivity contribution in [3.05, 3.63) is 164 Å². The van der Waals surface area contributed by atoms with E-state index >= 15 is 0 Å². The fourth-order valence-corrected chi connectivity index (χ4v) is 9.51. The van der Waals surface area contributed by atoms with Crippen molar-refractivity contribution in [2.75, 3.05) is 4.90 Å². The van der Waals surface area contributed by atoms with E-state index in [2.05, 4.69) is 169 Å². The lowest BCUT2D eigenvalue weighted by molar-refractivity contribution is 1.32. The summed E-state index contributed by atoms with van der Waals surface area (Å²) in [6.07, 6.45) is 0. The first-order valence-electron chi connectivity index (χ1n) is 16.5. The Morgan fingerprint density at radius 3 is 1.73 bits per heavy atom. The molecule has 6 bridgehead atoms. The van der Waals surface area contributed by atoms with Gasteiger partial charge in [-0.15, -0.1) is 11.3 Å². The predicted octanol–water partition coefficient (Wildman–Crippen LogP) is 13.6. The van der Waals surface area contributed by atoms with Gasteiger partial charge in [0.2, 0.25) is 0 Å². The first kappa shape index (κ1) is 26.1. The molecule has 2 aliphatic carbocycles. The average molecular weight is 626 g/mol. The lowest BCUT2D eigenvalue weighted by atomic mass is 9.83. The van der Waals surface area contributed by atoms with Crippen LogP contribution in [0.25, 0.3) is 86.6 Å². The summed E-state index contributed by atoms with van der Waals surface area (Å²) < 4.78 is 2.61. The van der Waals surface area contributed by atoms with Crippen LogP contribution in [0.3, 0.4) is 0 Å². The number of hydrogen-bond donors (Lipinski definition) is 0. The Labute approximate surface area is 282 Å². The summed E-state index contributed by atoms with van der Waals surface area (Å²) in [6, 6.07) is 60.9. The molecule has 2 aliphatic rings. The Bertz CT molecular complexity index is 2770. The minimum absolute atomic E-state index is 1.15. The second-order valence-corrected chi connectivity index (χ2v) is 13.9. The molecule has 9 aromatic rings. The normalized spacial score (nSPS) is 12.2. The number of rotatable bonds is 3. The SMILES string of the molecule is c1ccc2c(c1)-c1cccc3c1-c1cc(N(c4cccc5ccccc45)c4cccc5sc6ccccc6c45)ccc1-c1cccc-3c1-2. The quantitative estimate of drug-likeness (QED) is 0.189. The third-order valence-electron chi connectivity index (χ3n) is 10.4. The topological polar surface area (TPSA) is 3.24 Å². The molecule has 11 rings (SSSR count). The van der Waals surface area contributed by atoms with Gasteiger partial charge in [-0.3, -0.25) is 0 Å². The van der Waals surface area contributed by atoms with E-state index in [9.17, 15) is 0 Å². The van der Waals surface area contributed by atoms with Gasteiger partial charge in [0, 0.05) is 31.2 Å². The van der Waals surface area contributed by atoms with Crippen LogP contribution in [0.4, 0.5) is 17.1 Å². The van der Waals surface area contributed by atoms with Crippen LogP contribution in [0.1, 0.15) is 0 Å². The molecule has 222 valence electrons. The molecule has 0 aliphatic heterocycles. The summed E-state index contributed by atoms with van der Waals surface area (Å²) in [7, 11) is 0. The van der Waals surface area contributed by atoms with E-state index in [1.54, 1.807) is 0 Å². The Kier molecular flexibility index (Phi) is 5.32. The van der Waals surface area contributed by atoms with Crippen molar-refractivity contribution in [3.8, 4) is 55.6 Å². The van der Waals surface area contributed by atoms with Gasteiger partial charge in [0.25, 0.3) is 0 Å². The predicted molar refractivity (Wildman–Crippen MR) is 206 cm³/mol. The maximum atomic E-state index is 2.51. The van der Waals surface area contributed by atoms with Crippen molar-refractivity contribution in [1.82, 2.24) is 0 Å². The van der Waals surface area contributed by atoms with E-state index in [1.165, 1.54) is 98.0 Å². The van der Waals surface area contributed by atoms with Gasteiger partial charge >= 0.3 is 0 Å². The molecule has 8 aromatic carbocycles. The molecule has 1 heterocycles. The first-order chi connectivity index (χ1) is 23.8. The van der Waals surface area contributed by atoms with E-state index in [0.29, 0.717) is 0 Å². The molecule has 2 heteroatoms. The van der Waals surface area contributed by atoms with Gasteiger partial charge in [0.1, 0.15) is 0 Å². The molecular weight excluding hydrogens is 599 g/mol.